The Morgan fingerprint density at radius 1 is 1.30 bits per heavy atom. The van der Waals surface area contributed by atoms with E-state index in [1.807, 2.05) is 0 Å². The summed E-state index contributed by atoms with van der Waals surface area (Å²) in [6.07, 6.45) is 0.944. The predicted molar refractivity (Wildman–Crippen MR) is 108 cm³/mol. The van der Waals surface area contributed by atoms with Crippen molar-refractivity contribution in [2.75, 3.05) is 44.2 Å². The van der Waals surface area contributed by atoms with Crippen LogP contribution in [0.15, 0.2) is 40.3 Å². The number of halogens is 3. The van der Waals surface area contributed by atoms with Gasteiger partial charge in [0.15, 0.2) is 11.5 Å². The van der Waals surface area contributed by atoms with E-state index in [9.17, 15) is 13.2 Å². The van der Waals surface area contributed by atoms with Crippen LogP contribution in [0.5, 0.6) is 0 Å². The van der Waals surface area contributed by atoms with Gasteiger partial charge < -0.3 is 9.80 Å². The normalized spacial score (nSPS) is 18.2. The van der Waals surface area contributed by atoms with Crippen molar-refractivity contribution in [1.82, 2.24) is 19.8 Å². The summed E-state index contributed by atoms with van der Waals surface area (Å²) in [5, 5.41) is 8.72. The standard InChI is InChI=1S/C19H21F3N8/c1-24-13-15(30-8-6-25-16(14-30)19(20,21)22)18-26-5-3-17(27-18)29-11-9-28(10-12-29)7-2-4-23/h3,5-6,13-14H,1-2,7-12H2/b15-13-. The molecule has 0 aliphatic carbocycles. The third-order valence-corrected chi connectivity index (χ3v) is 4.71. The lowest BCUT2D eigenvalue weighted by Gasteiger charge is -2.35. The number of nitriles is 1. The van der Waals surface area contributed by atoms with Gasteiger partial charge in [0.2, 0.25) is 0 Å². The number of anilines is 1. The molecule has 1 aromatic heterocycles. The molecule has 3 rings (SSSR count). The van der Waals surface area contributed by atoms with Gasteiger partial charge in [-0.2, -0.15) is 18.4 Å². The Labute approximate surface area is 172 Å². The van der Waals surface area contributed by atoms with E-state index < -0.39 is 11.9 Å². The largest absolute Gasteiger partial charge is 0.434 e. The van der Waals surface area contributed by atoms with E-state index in [0.717, 1.165) is 38.9 Å². The van der Waals surface area contributed by atoms with Crippen LogP contribution in [0.4, 0.5) is 19.0 Å². The first-order valence-corrected chi connectivity index (χ1v) is 9.34. The first-order valence-electron chi connectivity index (χ1n) is 9.34. The van der Waals surface area contributed by atoms with E-state index in [-0.39, 0.29) is 12.4 Å². The predicted octanol–water partition coefficient (Wildman–Crippen LogP) is 2.30. The van der Waals surface area contributed by atoms with Crippen LogP contribution < -0.4 is 4.90 Å². The number of nitrogens with zero attached hydrogens (tertiary/aromatic N) is 8. The van der Waals surface area contributed by atoms with Crippen LogP contribution in [-0.4, -0.2) is 78.1 Å². The van der Waals surface area contributed by atoms with Gasteiger partial charge in [-0.3, -0.25) is 14.9 Å². The Morgan fingerprint density at radius 2 is 2.07 bits per heavy atom. The molecule has 1 fully saturated rings. The molecule has 0 N–H and O–H groups in total. The summed E-state index contributed by atoms with van der Waals surface area (Å²) in [6.45, 7) is 7.35. The molecule has 0 radical (unpaired) electrons. The molecule has 0 bridgehead atoms. The summed E-state index contributed by atoms with van der Waals surface area (Å²) in [4.78, 5) is 21.6. The summed E-state index contributed by atoms with van der Waals surface area (Å²) in [6, 6.07) is 3.91. The second-order valence-corrected chi connectivity index (χ2v) is 6.65. The highest BCUT2D eigenvalue weighted by Crippen LogP contribution is 2.30. The molecule has 0 saturated carbocycles. The number of hydrogen-bond acceptors (Lipinski definition) is 8. The number of aromatic nitrogens is 2. The van der Waals surface area contributed by atoms with Gasteiger partial charge in [0, 0.05) is 57.8 Å². The van der Waals surface area contributed by atoms with Crippen LogP contribution in [0.2, 0.25) is 0 Å². The molecular weight excluding hydrogens is 397 g/mol. The number of hydrogen-bond donors (Lipinski definition) is 0. The Kier molecular flexibility index (Phi) is 6.79. The van der Waals surface area contributed by atoms with Gasteiger partial charge in [0.1, 0.15) is 11.5 Å². The minimum absolute atomic E-state index is 0.131. The van der Waals surface area contributed by atoms with Crippen LogP contribution in [0, 0.1) is 11.3 Å². The fourth-order valence-electron chi connectivity index (χ4n) is 3.18. The molecule has 0 spiro atoms. The number of rotatable bonds is 6. The van der Waals surface area contributed by atoms with E-state index in [2.05, 4.69) is 42.5 Å². The molecule has 11 heteroatoms. The van der Waals surface area contributed by atoms with Gasteiger partial charge in [-0.25, -0.2) is 9.97 Å². The van der Waals surface area contributed by atoms with Crippen molar-refractivity contribution < 1.29 is 13.2 Å². The zero-order valence-electron chi connectivity index (χ0n) is 16.3. The highest BCUT2D eigenvalue weighted by Gasteiger charge is 2.36. The second kappa shape index (κ2) is 9.49. The Hall–Kier alpha value is -3.26. The van der Waals surface area contributed by atoms with Gasteiger partial charge >= 0.3 is 6.18 Å². The molecule has 0 atom stereocenters. The summed E-state index contributed by atoms with van der Waals surface area (Å²) < 4.78 is 39.2. The lowest BCUT2D eigenvalue weighted by Crippen LogP contribution is -2.47. The molecular formula is C19H21F3N8. The minimum Gasteiger partial charge on any atom is -0.354 e. The third kappa shape index (κ3) is 5.21. The Balaban J connectivity index is 1.79. The lowest BCUT2D eigenvalue weighted by atomic mass is 10.2. The van der Waals surface area contributed by atoms with Crippen LogP contribution in [0.3, 0.4) is 0 Å². The average Bonchev–Trinajstić information content (AvgIpc) is 2.76. The number of alkyl halides is 3. The molecule has 158 valence electrons. The van der Waals surface area contributed by atoms with Gasteiger partial charge in [0.25, 0.3) is 0 Å². The lowest BCUT2D eigenvalue weighted by molar-refractivity contribution is -0.0934. The quantitative estimate of drug-likeness (QED) is 0.660. The van der Waals surface area contributed by atoms with Crippen LogP contribution in [0.1, 0.15) is 12.2 Å². The van der Waals surface area contributed by atoms with Gasteiger partial charge in [-0.1, -0.05) is 0 Å². The smallest absolute Gasteiger partial charge is 0.354 e. The van der Waals surface area contributed by atoms with Crippen molar-refractivity contribution in [3.8, 4) is 6.07 Å². The summed E-state index contributed by atoms with van der Waals surface area (Å²) in [5.41, 5.74) is -0.708. The van der Waals surface area contributed by atoms with Gasteiger partial charge in [-0.05, 0) is 12.8 Å². The monoisotopic (exact) mass is 418 g/mol. The fraction of sp³-hybridized carbons (Fsp3) is 0.421. The molecule has 1 aromatic rings. The summed E-state index contributed by atoms with van der Waals surface area (Å²) in [5.74, 6) is 0.931. The second-order valence-electron chi connectivity index (χ2n) is 6.65. The molecule has 0 amide bonds. The zero-order valence-corrected chi connectivity index (χ0v) is 16.3. The third-order valence-electron chi connectivity index (χ3n) is 4.71. The maximum absolute atomic E-state index is 13.1. The molecule has 0 aromatic carbocycles. The zero-order chi connectivity index (χ0) is 21.6. The fourth-order valence-corrected chi connectivity index (χ4v) is 3.18. The van der Waals surface area contributed by atoms with E-state index in [1.54, 1.807) is 12.3 Å². The van der Waals surface area contributed by atoms with Crippen LogP contribution >= 0.6 is 0 Å². The maximum Gasteiger partial charge on any atom is 0.434 e. The Morgan fingerprint density at radius 3 is 2.73 bits per heavy atom. The minimum atomic E-state index is -4.56. The van der Waals surface area contributed by atoms with Crippen LogP contribution in [0.25, 0.3) is 5.70 Å². The topological polar surface area (TPSA) is 84.0 Å². The molecule has 3 heterocycles. The Bertz CT molecular complexity index is 892. The summed E-state index contributed by atoms with van der Waals surface area (Å²) in [7, 11) is 0. The van der Waals surface area contributed by atoms with Crippen molar-refractivity contribution in [2.24, 2.45) is 9.98 Å². The first kappa shape index (κ1) is 21.4. The molecule has 2 aliphatic heterocycles. The SMILES string of the molecule is C=N/C=C(/c1nccc(N2CCN(CCC#N)CC2)n1)N1C=C(C(F)(F)F)N=CC1. The van der Waals surface area contributed by atoms with Gasteiger partial charge in [0.05, 0.1) is 18.8 Å². The first-order chi connectivity index (χ1) is 14.4. The molecule has 0 unspecified atom stereocenters. The highest BCUT2D eigenvalue weighted by atomic mass is 19.4. The van der Waals surface area contributed by atoms with Gasteiger partial charge in [-0.15, -0.1) is 0 Å². The highest BCUT2D eigenvalue weighted by molar-refractivity contribution is 5.70. The molecule has 1 saturated heterocycles. The molecule has 30 heavy (non-hydrogen) atoms. The van der Waals surface area contributed by atoms with E-state index in [0.29, 0.717) is 17.9 Å². The van der Waals surface area contributed by atoms with Crippen LogP contribution in [-0.2, 0) is 0 Å². The van der Waals surface area contributed by atoms with Crippen molar-refractivity contribution in [2.45, 2.75) is 12.6 Å². The average molecular weight is 418 g/mol. The van der Waals surface area contributed by atoms with Crippen molar-refractivity contribution in [1.29, 1.82) is 5.26 Å². The number of aliphatic imine (C=N–C) groups is 2. The summed E-state index contributed by atoms with van der Waals surface area (Å²) >= 11 is 0. The van der Waals surface area contributed by atoms with Crippen molar-refractivity contribution in [3.05, 3.63) is 36.2 Å². The van der Waals surface area contributed by atoms with E-state index in [4.69, 9.17) is 5.26 Å². The molecule has 8 nitrogen and oxygen atoms in total. The maximum atomic E-state index is 13.1. The van der Waals surface area contributed by atoms with E-state index in [1.165, 1.54) is 17.3 Å². The van der Waals surface area contributed by atoms with Crippen molar-refractivity contribution >= 4 is 24.4 Å². The van der Waals surface area contributed by atoms with Crippen molar-refractivity contribution in [3.63, 3.8) is 0 Å². The number of allylic oxidation sites excluding steroid dienone is 1. The number of piperazine rings is 1. The van der Waals surface area contributed by atoms with E-state index >= 15 is 0 Å². The molecule has 2 aliphatic rings.